The number of hydrogen-bond donors (Lipinski definition) is 1. The molecule has 0 spiro atoms. The first-order chi connectivity index (χ1) is 9.80. The Morgan fingerprint density at radius 1 is 1.14 bits per heavy atom. The van der Waals surface area contributed by atoms with Crippen LogP contribution in [0.15, 0.2) is 18.2 Å². The molecule has 0 bridgehead atoms. The summed E-state index contributed by atoms with van der Waals surface area (Å²) in [5.74, 6) is -0.914. The average molecular weight is 295 g/mol. The molecule has 0 aromatic heterocycles. The van der Waals surface area contributed by atoms with Crippen molar-refractivity contribution in [2.24, 2.45) is 11.3 Å². The van der Waals surface area contributed by atoms with Crippen LogP contribution in [0.2, 0.25) is 0 Å². The molecule has 1 aliphatic rings. The van der Waals surface area contributed by atoms with Gasteiger partial charge in [-0.1, -0.05) is 45.7 Å². The summed E-state index contributed by atoms with van der Waals surface area (Å²) in [7, 11) is 0. The summed E-state index contributed by atoms with van der Waals surface area (Å²) >= 11 is 0. The maximum atomic E-state index is 13.9. The lowest BCUT2D eigenvalue weighted by Gasteiger charge is -2.42. The Labute approximate surface area is 127 Å². The highest BCUT2D eigenvalue weighted by molar-refractivity contribution is 5.22. The van der Waals surface area contributed by atoms with E-state index in [-0.39, 0.29) is 11.5 Å². The van der Waals surface area contributed by atoms with Gasteiger partial charge in [0, 0.05) is 17.6 Å². The van der Waals surface area contributed by atoms with Crippen LogP contribution in [0.25, 0.3) is 0 Å². The molecule has 0 heterocycles. The Hall–Kier alpha value is -0.960. The Morgan fingerprint density at radius 3 is 2.48 bits per heavy atom. The van der Waals surface area contributed by atoms with Crippen molar-refractivity contribution in [3.63, 3.8) is 0 Å². The third-order valence-electron chi connectivity index (χ3n) is 4.79. The third kappa shape index (κ3) is 3.82. The van der Waals surface area contributed by atoms with Crippen molar-refractivity contribution in [2.45, 2.75) is 65.5 Å². The van der Waals surface area contributed by atoms with Crippen LogP contribution >= 0.6 is 0 Å². The fourth-order valence-corrected chi connectivity index (χ4v) is 3.63. The van der Waals surface area contributed by atoms with Gasteiger partial charge in [0.25, 0.3) is 0 Å². The van der Waals surface area contributed by atoms with Crippen LogP contribution in [0.5, 0.6) is 0 Å². The van der Waals surface area contributed by atoms with E-state index in [4.69, 9.17) is 0 Å². The molecule has 3 atom stereocenters. The van der Waals surface area contributed by atoms with Crippen molar-refractivity contribution < 1.29 is 8.78 Å². The molecule has 1 aliphatic carbocycles. The highest BCUT2D eigenvalue weighted by Crippen LogP contribution is 2.39. The Balaban J connectivity index is 2.13. The Kier molecular flexibility index (Phi) is 5.03. The van der Waals surface area contributed by atoms with E-state index in [1.165, 1.54) is 25.3 Å². The molecule has 1 aromatic rings. The summed E-state index contributed by atoms with van der Waals surface area (Å²) in [6.07, 6.45) is 4.80. The van der Waals surface area contributed by atoms with Gasteiger partial charge in [-0.15, -0.1) is 0 Å². The first-order valence-corrected chi connectivity index (χ1v) is 8.00. The van der Waals surface area contributed by atoms with Gasteiger partial charge in [0.15, 0.2) is 11.6 Å². The number of hydrogen-bond acceptors (Lipinski definition) is 1. The van der Waals surface area contributed by atoms with Crippen LogP contribution in [0.3, 0.4) is 0 Å². The Bertz CT molecular complexity index is 479. The highest BCUT2D eigenvalue weighted by atomic mass is 19.2. The molecule has 2 rings (SSSR count). The van der Waals surface area contributed by atoms with Crippen molar-refractivity contribution in [1.82, 2.24) is 5.32 Å². The molecule has 118 valence electrons. The number of halogens is 2. The van der Waals surface area contributed by atoms with Gasteiger partial charge in [-0.2, -0.15) is 0 Å². The third-order valence-corrected chi connectivity index (χ3v) is 4.79. The normalized spacial score (nSPS) is 24.9. The summed E-state index contributed by atoms with van der Waals surface area (Å²) in [4.78, 5) is 0. The summed E-state index contributed by atoms with van der Waals surface area (Å²) in [6.45, 7) is 8.73. The molecular weight excluding hydrogens is 268 g/mol. The number of benzene rings is 1. The first-order valence-electron chi connectivity index (χ1n) is 8.00. The minimum atomic E-state index is -0.767. The molecule has 1 saturated carbocycles. The quantitative estimate of drug-likeness (QED) is 0.806. The number of rotatable bonds is 3. The Morgan fingerprint density at radius 2 is 1.81 bits per heavy atom. The van der Waals surface area contributed by atoms with Gasteiger partial charge in [-0.25, -0.2) is 8.78 Å². The van der Waals surface area contributed by atoms with Crippen LogP contribution in [0, 0.1) is 23.0 Å². The zero-order valence-corrected chi connectivity index (χ0v) is 13.5. The fourth-order valence-electron chi connectivity index (χ4n) is 3.63. The molecule has 0 saturated heterocycles. The summed E-state index contributed by atoms with van der Waals surface area (Å²) in [5.41, 5.74) is 0.659. The van der Waals surface area contributed by atoms with Crippen LogP contribution in [-0.4, -0.2) is 6.04 Å². The first kappa shape index (κ1) is 16.4. The predicted molar refractivity (Wildman–Crippen MR) is 83.1 cm³/mol. The topological polar surface area (TPSA) is 12.0 Å². The van der Waals surface area contributed by atoms with E-state index in [2.05, 4.69) is 26.1 Å². The monoisotopic (exact) mass is 295 g/mol. The lowest BCUT2D eigenvalue weighted by atomic mass is 9.69. The minimum Gasteiger partial charge on any atom is -0.307 e. The van der Waals surface area contributed by atoms with Crippen molar-refractivity contribution >= 4 is 0 Å². The average Bonchev–Trinajstić information content (AvgIpc) is 2.41. The maximum Gasteiger partial charge on any atom is 0.163 e. The van der Waals surface area contributed by atoms with E-state index in [1.807, 2.05) is 6.92 Å². The minimum absolute atomic E-state index is 0.173. The van der Waals surface area contributed by atoms with Crippen molar-refractivity contribution in [1.29, 1.82) is 0 Å². The van der Waals surface area contributed by atoms with Crippen molar-refractivity contribution in [2.75, 3.05) is 0 Å². The molecule has 1 aromatic carbocycles. The molecule has 3 heteroatoms. The van der Waals surface area contributed by atoms with E-state index < -0.39 is 11.6 Å². The molecule has 0 aliphatic heterocycles. The van der Waals surface area contributed by atoms with E-state index in [0.29, 0.717) is 17.5 Å². The second-order valence-corrected chi connectivity index (χ2v) is 7.39. The fraction of sp³-hybridized carbons (Fsp3) is 0.667. The maximum absolute atomic E-state index is 13.9. The van der Waals surface area contributed by atoms with Gasteiger partial charge in [0.2, 0.25) is 0 Å². The molecule has 0 radical (unpaired) electrons. The molecule has 21 heavy (non-hydrogen) atoms. The van der Waals surface area contributed by atoms with Crippen molar-refractivity contribution in [3.8, 4) is 0 Å². The zero-order valence-electron chi connectivity index (χ0n) is 13.5. The molecule has 1 N–H and O–H groups in total. The molecular formula is C18H27F2N. The van der Waals surface area contributed by atoms with Gasteiger partial charge < -0.3 is 5.32 Å². The second kappa shape index (κ2) is 6.43. The highest BCUT2D eigenvalue weighted by Gasteiger charge is 2.34. The summed E-state index contributed by atoms with van der Waals surface area (Å²) in [5, 5.41) is 3.55. The SMILES string of the molecule is CC(NC1CCCCC1C(C)(C)C)c1cccc(F)c1F. The molecule has 1 fully saturated rings. The smallest absolute Gasteiger partial charge is 0.163 e. The summed E-state index contributed by atoms with van der Waals surface area (Å²) in [6, 6.07) is 4.62. The van der Waals surface area contributed by atoms with E-state index in [0.717, 1.165) is 6.42 Å². The second-order valence-electron chi connectivity index (χ2n) is 7.39. The van der Waals surface area contributed by atoms with E-state index in [9.17, 15) is 8.78 Å². The zero-order chi connectivity index (χ0) is 15.6. The molecule has 1 nitrogen and oxygen atoms in total. The van der Waals surface area contributed by atoms with Crippen LogP contribution in [0.4, 0.5) is 8.78 Å². The van der Waals surface area contributed by atoms with E-state index in [1.54, 1.807) is 12.1 Å². The van der Waals surface area contributed by atoms with Gasteiger partial charge in [-0.3, -0.25) is 0 Å². The summed E-state index contributed by atoms with van der Waals surface area (Å²) < 4.78 is 27.3. The van der Waals surface area contributed by atoms with E-state index >= 15 is 0 Å². The van der Waals surface area contributed by atoms with Gasteiger partial charge in [0.05, 0.1) is 0 Å². The van der Waals surface area contributed by atoms with Gasteiger partial charge in [0.1, 0.15) is 0 Å². The van der Waals surface area contributed by atoms with Crippen LogP contribution < -0.4 is 5.32 Å². The van der Waals surface area contributed by atoms with Gasteiger partial charge >= 0.3 is 0 Å². The molecule has 0 amide bonds. The van der Waals surface area contributed by atoms with Crippen LogP contribution in [0.1, 0.15) is 65.0 Å². The predicted octanol–water partition coefficient (Wildman–Crippen LogP) is 5.22. The number of nitrogens with one attached hydrogen (secondary N) is 1. The molecule has 3 unspecified atom stereocenters. The van der Waals surface area contributed by atoms with Gasteiger partial charge in [-0.05, 0) is 37.2 Å². The largest absolute Gasteiger partial charge is 0.307 e. The lowest BCUT2D eigenvalue weighted by Crippen LogP contribution is -2.45. The van der Waals surface area contributed by atoms with Crippen molar-refractivity contribution in [3.05, 3.63) is 35.4 Å². The standard InChI is InChI=1S/C18H27F2N/c1-12(13-8-7-10-15(19)17(13)20)21-16-11-6-5-9-14(16)18(2,3)4/h7-8,10,12,14,16,21H,5-6,9,11H2,1-4H3. The van der Waals surface area contributed by atoms with Crippen LogP contribution in [-0.2, 0) is 0 Å². The lowest BCUT2D eigenvalue weighted by molar-refractivity contribution is 0.124.